The summed E-state index contributed by atoms with van der Waals surface area (Å²) >= 11 is 4.94. The number of hydrogen-bond donors (Lipinski definition) is 0. The largest absolute Gasteiger partial charge is 0.497 e. The van der Waals surface area contributed by atoms with Gasteiger partial charge in [0.25, 0.3) is 15.9 Å². The SMILES string of the molecule is CCN(c1ccc2sc(C(=O)N3c4ccc(Br)cc4C[C@@H]3C)cc2c1)S(=O)(=O)c1ccc(OC)cc1. The molecule has 1 aromatic heterocycles. The fraction of sp³-hybridized carbons (Fsp3) is 0.222. The smallest absolute Gasteiger partial charge is 0.268 e. The summed E-state index contributed by atoms with van der Waals surface area (Å²) in [5.41, 5.74) is 2.65. The Morgan fingerprint density at radius 3 is 2.56 bits per heavy atom. The van der Waals surface area contributed by atoms with E-state index in [1.807, 2.05) is 35.2 Å². The van der Waals surface area contributed by atoms with Crippen molar-refractivity contribution in [3.63, 3.8) is 0 Å². The number of methoxy groups -OCH3 is 1. The van der Waals surface area contributed by atoms with Gasteiger partial charge in [0.05, 0.1) is 22.6 Å². The molecule has 3 aromatic carbocycles. The summed E-state index contributed by atoms with van der Waals surface area (Å²) in [4.78, 5) is 16.2. The van der Waals surface area contributed by atoms with Crippen molar-refractivity contribution in [3.05, 3.63) is 81.6 Å². The molecule has 4 aromatic rings. The van der Waals surface area contributed by atoms with Crippen LogP contribution in [0.1, 0.15) is 29.1 Å². The Labute approximate surface area is 223 Å². The molecule has 1 amide bonds. The number of nitrogens with zero attached hydrogens (tertiary/aromatic N) is 2. The molecule has 0 aliphatic carbocycles. The highest BCUT2D eigenvalue weighted by Gasteiger charge is 2.32. The van der Waals surface area contributed by atoms with Crippen LogP contribution in [0.5, 0.6) is 5.75 Å². The molecule has 0 unspecified atom stereocenters. The average molecular weight is 586 g/mol. The summed E-state index contributed by atoms with van der Waals surface area (Å²) in [6.45, 7) is 4.13. The van der Waals surface area contributed by atoms with Crippen LogP contribution >= 0.6 is 27.3 Å². The van der Waals surface area contributed by atoms with E-state index in [-0.39, 0.29) is 23.4 Å². The maximum absolute atomic E-state index is 13.6. The van der Waals surface area contributed by atoms with Crippen LogP contribution in [-0.2, 0) is 16.4 Å². The highest BCUT2D eigenvalue weighted by Crippen LogP contribution is 2.38. The summed E-state index contributed by atoms with van der Waals surface area (Å²) in [6.07, 6.45) is 0.810. The van der Waals surface area contributed by atoms with Crippen LogP contribution in [0.25, 0.3) is 10.1 Å². The lowest BCUT2D eigenvalue weighted by Gasteiger charge is -2.23. The molecule has 0 N–H and O–H groups in total. The van der Waals surface area contributed by atoms with Gasteiger partial charge >= 0.3 is 0 Å². The van der Waals surface area contributed by atoms with Gasteiger partial charge in [0.15, 0.2) is 0 Å². The van der Waals surface area contributed by atoms with Crippen molar-refractivity contribution in [3.8, 4) is 5.75 Å². The number of ether oxygens (including phenoxy) is 1. The van der Waals surface area contributed by atoms with Crippen LogP contribution in [0.3, 0.4) is 0 Å². The van der Waals surface area contributed by atoms with Crippen molar-refractivity contribution in [1.82, 2.24) is 0 Å². The van der Waals surface area contributed by atoms with Crippen LogP contribution < -0.4 is 13.9 Å². The van der Waals surface area contributed by atoms with E-state index in [2.05, 4.69) is 28.9 Å². The molecule has 0 saturated carbocycles. The number of amides is 1. The van der Waals surface area contributed by atoms with E-state index in [9.17, 15) is 13.2 Å². The third kappa shape index (κ3) is 4.29. The van der Waals surface area contributed by atoms with E-state index >= 15 is 0 Å². The number of sulfonamides is 1. The zero-order chi connectivity index (χ0) is 25.6. The molecule has 1 aliphatic heterocycles. The van der Waals surface area contributed by atoms with Gasteiger partial charge in [-0.05, 0) is 97.9 Å². The Morgan fingerprint density at radius 1 is 1.11 bits per heavy atom. The van der Waals surface area contributed by atoms with Gasteiger partial charge in [-0.2, -0.15) is 0 Å². The zero-order valence-electron chi connectivity index (χ0n) is 20.1. The van der Waals surface area contributed by atoms with Gasteiger partial charge in [-0.1, -0.05) is 15.9 Å². The molecule has 186 valence electrons. The third-order valence-corrected chi connectivity index (χ3v) is 9.92. The van der Waals surface area contributed by atoms with E-state index in [1.54, 1.807) is 44.4 Å². The summed E-state index contributed by atoms with van der Waals surface area (Å²) in [6, 6.07) is 19.8. The van der Waals surface area contributed by atoms with Gasteiger partial charge in [0.2, 0.25) is 0 Å². The Balaban J connectivity index is 1.47. The van der Waals surface area contributed by atoms with Crippen molar-refractivity contribution >= 4 is 64.7 Å². The standard InChI is InChI=1S/C27H25BrN2O4S2/c1-4-29(36(32,33)23-9-7-22(34-3)8-10-23)21-6-12-25-19(15-21)16-26(35-25)27(31)30-17(2)13-18-14-20(28)5-11-24(18)30/h5-12,14-17H,4,13H2,1-3H3/t17-/m0/s1. The van der Waals surface area contributed by atoms with Gasteiger partial charge in [0.1, 0.15) is 5.75 Å². The summed E-state index contributed by atoms with van der Waals surface area (Å²) < 4.78 is 35.2. The van der Waals surface area contributed by atoms with E-state index in [1.165, 1.54) is 15.6 Å². The molecule has 0 bridgehead atoms. The Bertz CT molecular complexity index is 1560. The van der Waals surface area contributed by atoms with E-state index < -0.39 is 10.0 Å². The molecule has 0 radical (unpaired) electrons. The normalized spacial score (nSPS) is 15.2. The summed E-state index contributed by atoms with van der Waals surface area (Å²) in [5.74, 6) is 0.556. The maximum atomic E-state index is 13.6. The second kappa shape index (κ2) is 9.53. The monoisotopic (exact) mass is 584 g/mol. The number of hydrogen-bond acceptors (Lipinski definition) is 5. The van der Waals surface area contributed by atoms with Gasteiger partial charge in [-0.3, -0.25) is 9.10 Å². The first-order chi connectivity index (χ1) is 17.2. The number of benzene rings is 3. The number of rotatable bonds is 6. The molecule has 0 saturated heterocycles. The Kier molecular flexibility index (Phi) is 6.57. The molecule has 9 heteroatoms. The molecule has 0 spiro atoms. The van der Waals surface area contributed by atoms with E-state index in [4.69, 9.17) is 4.74 Å². The second-order valence-corrected chi connectivity index (χ2v) is 12.5. The molecule has 36 heavy (non-hydrogen) atoms. The van der Waals surface area contributed by atoms with E-state index in [0.717, 1.165) is 32.2 Å². The van der Waals surface area contributed by atoms with Crippen molar-refractivity contribution in [2.75, 3.05) is 22.9 Å². The fourth-order valence-corrected chi connectivity index (χ4v) is 7.54. The predicted molar refractivity (Wildman–Crippen MR) is 149 cm³/mol. The van der Waals surface area contributed by atoms with Crippen LogP contribution in [0.15, 0.2) is 76.1 Å². The molecule has 1 aliphatic rings. The molecule has 0 fully saturated rings. The fourth-order valence-electron chi connectivity index (χ4n) is 4.69. The first kappa shape index (κ1) is 24.8. The molecular weight excluding hydrogens is 560 g/mol. The van der Waals surface area contributed by atoms with Crippen LogP contribution in [-0.4, -0.2) is 34.0 Å². The van der Waals surface area contributed by atoms with Gasteiger partial charge in [-0.15, -0.1) is 11.3 Å². The molecule has 6 nitrogen and oxygen atoms in total. The van der Waals surface area contributed by atoms with Gasteiger partial charge < -0.3 is 9.64 Å². The number of thiophene rings is 1. The first-order valence-electron chi connectivity index (χ1n) is 11.6. The topological polar surface area (TPSA) is 66.9 Å². The van der Waals surface area contributed by atoms with Crippen LogP contribution in [0.2, 0.25) is 0 Å². The number of carbonyl (C=O) groups is 1. The molecular formula is C27H25BrN2O4S2. The lowest BCUT2D eigenvalue weighted by Crippen LogP contribution is -2.35. The number of halogens is 1. The predicted octanol–water partition coefficient (Wildman–Crippen LogP) is 6.48. The highest BCUT2D eigenvalue weighted by atomic mass is 79.9. The number of anilines is 2. The minimum Gasteiger partial charge on any atom is -0.497 e. The minimum absolute atomic E-state index is 0.0375. The average Bonchev–Trinajstić information content (AvgIpc) is 3.43. The quantitative estimate of drug-likeness (QED) is 0.260. The van der Waals surface area contributed by atoms with Crippen molar-refractivity contribution in [2.45, 2.75) is 31.2 Å². The Hall–Kier alpha value is -2.88. The van der Waals surface area contributed by atoms with Crippen molar-refractivity contribution in [2.24, 2.45) is 0 Å². The van der Waals surface area contributed by atoms with Crippen LogP contribution in [0.4, 0.5) is 11.4 Å². The lowest BCUT2D eigenvalue weighted by molar-refractivity contribution is 0.0985. The number of carbonyl (C=O) groups excluding carboxylic acids is 1. The molecule has 1 atom stereocenters. The van der Waals surface area contributed by atoms with Crippen LogP contribution in [0, 0.1) is 0 Å². The third-order valence-electron chi connectivity index (χ3n) is 6.41. The summed E-state index contributed by atoms with van der Waals surface area (Å²) in [5, 5.41) is 0.840. The maximum Gasteiger partial charge on any atom is 0.268 e. The second-order valence-electron chi connectivity index (χ2n) is 8.68. The zero-order valence-corrected chi connectivity index (χ0v) is 23.3. The van der Waals surface area contributed by atoms with Crippen molar-refractivity contribution in [1.29, 1.82) is 0 Å². The van der Waals surface area contributed by atoms with Gasteiger partial charge in [-0.25, -0.2) is 8.42 Å². The van der Waals surface area contributed by atoms with Crippen molar-refractivity contribution < 1.29 is 17.9 Å². The Morgan fingerprint density at radius 2 is 1.86 bits per heavy atom. The first-order valence-corrected chi connectivity index (χ1v) is 14.6. The highest BCUT2D eigenvalue weighted by molar-refractivity contribution is 9.10. The van der Waals surface area contributed by atoms with Gasteiger partial charge in [0, 0.05) is 27.4 Å². The van der Waals surface area contributed by atoms with E-state index in [0.29, 0.717) is 16.3 Å². The lowest BCUT2D eigenvalue weighted by atomic mass is 10.1. The number of fused-ring (bicyclic) bond motifs is 2. The summed E-state index contributed by atoms with van der Waals surface area (Å²) in [7, 11) is -2.22. The molecule has 5 rings (SSSR count). The minimum atomic E-state index is -3.76. The molecule has 2 heterocycles.